The molecule has 7 nitrogen and oxygen atoms in total. The number of nitrogens with two attached hydrogens (primary N) is 1. The summed E-state index contributed by atoms with van der Waals surface area (Å²) in [6, 6.07) is 5.34. The zero-order valence-corrected chi connectivity index (χ0v) is 18.3. The van der Waals surface area contributed by atoms with Gasteiger partial charge >= 0.3 is 6.18 Å². The first-order valence-electron chi connectivity index (χ1n) is 11.1. The van der Waals surface area contributed by atoms with Crippen LogP contribution in [0.25, 0.3) is 21.8 Å². The van der Waals surface area contributed by atoms with Crippen LogP contribution in [0.4, 0.5) is 19.0 Å². The minimum Gasteiger partial charge on any atom is -0.383 e. The summed E-state index contributed by atoms with van der Waals surface area (Å²) < 4.78 is 41.4. The maximum absolute atomic E-state index is 13.7. The first-order chi connectivity index (χ1) is 16.2. The lowest BCUT2D eigenvalue weighted by molar-refractivity contribution is -0.137. The van der Waals surface area contributed by atoms with Gasteiger partial charge in [-0.05, 0) is 54.5 Å². The number of alkyl halides is 3. The fourth-order valence-electron chi connectivity index (χ4n) is 5.59. The van der Waals surface area contributed by atoms with Gasteiger partial charge in [0, 0.05) is 19.0 Å². The summed E-state index contributed by atoms with van der Waals surface area (Å²) in [4.78, 5) is 24.2. The molecule has 0 spiro atoms. The fourth-order valence-corrected chi connectivity index (χ4v) is 5.59. The number of hydrogen-bond donors (Lipinski definition) is 1. The number of aromatic nitrogens is 4. The highest BCUT2D eigenvalue weighted by molar-refractivity contribution is 6.09. The van der Waals surface area contributed by atoms with Crippen molar-refractivity contribution in [1.29, 1.82) is 0 Å². The van der Waals surface area contributed by atoms with Crippen molar-refractivity contribution in [3.05, 3.63) is 59.0 Å². The van der Waals surface area contributed by atoms with Crippen LogP contribution in [0.3, 0.4) is 0 Å². The molecular formula is C24H21F3N6O. The van der Waals surface area contributed by atoms with Crippen LogP contribution < -0.4 is 5.73 Å². The Morgan fingerprint density at radius 2 is 2.00 bits per heavy atom. The van der Waals surface area contributed by atoms with Crippen LogP contribution in [-0.2, 0) is 19.6 Å². The van der Waals surface area contributed by atoms with Crippen molar-refractivity contribution < 1.29 is 18.0 Å². The molecule has 0 radical (unpaired) electrons. The van der Waals surface area contributed by atoms with Gasteiger partial charge in [-0.2, -0.15) is 18.3 Å². The van der Waals surface area contributed by atoms with Crippen molar-refractivity contribution in [2.24, 2.45) is 13.0 Å². The van der Waals surface area contributed by atoms with E-state index in [1.54, 1.807) is 28.9 Å². The van der Waals surface area contributed by atoms with E-state index in [-0.39, 0.29) is 23.6 Å². The van der Waals surface area contributed by atoms with E-state index in [9.17, 15) is 18.0 Å². The third-order valence-electron chi connectivity index (χ3n) is 7.10. The van der Waals surface area contributed by atoms with Gasteiger partial charge in [-0.1, -0.05) is 6.07 Å². The first kappa shape index (κ1) is 20.9. The number of aryl methyl sites for hydroxylation is 1. The number of piperidine rings is 1. The second-order valence-electron chi connectivity index (χ2n) is 9.08. The second-order valence-corrected chi connectivity index (χ2v) is 9.08. The second kappa shape index (κ2) is 7.15. The maximum atomic E-state index is 13.7. The molecule has 1 fully saturated rings. The van der Waals surface area contributed by atoms with E-state index in [0.29, 0.717) is 35.2 Å². The number of rotatable bonds is 1. The van der Waals surface area contributed by atoms with Crippen LogP contribution in [0.1, 0.15) is 46.1 Å². The normalized spacial score (nSPS) is 20.1. The summed E-state index contributed by atoms with van der Waals surface area (Å²) in [6.45, 7) is 0.529. The van der Waals surface area contributed by atoms with Gasteiger partial charge in [-0.3, -0.25) is 9.48 Å². The Bertz CT molecular complexity index is 1480. The fraction of sp³-hybridized carbons (Fsp3) is 0.333. The number of nitrogen functional groups attached to an aromatic ring is 1. The Kier molecular flexibility index (Phi) is 4.39. The molecule has 4 aromatic rings. The number of nitrogens with zero attached hydrogens (tertiary/aromatic N) is 5. The Morgan fingerprint density at radius 3 is 2.79 bits per heavy atom. The van der Waals surface area contributed by atoms with E-state index in [2.05, 4.69) is 15.1 Å². The van der Waals surface area contributed by atoms with Gasteiger partial charge in [0.2, 0.25) is 0 Å². The van der Waals surface area contributed by atoms with E-state index >= 15 is 0 Å². The zero-order valence-electron chi connectivity index (χ0n) is 18.3. The number of carbonyl (C=O) groups excluding carboxylic acids is 1. The van der Waals surface area contributed by atoms with E-state index < -0.39 is 11.7 Å². The molecule has 1 aromatic carbocycles. The predicted molar refractivity (Wildman–Crippen MR) is 120 cm³/mol. The summed E-state index contributed by atoms with van der Waals surface area (Å²) >= 11 is 0. The molecule has 10 heteroatoms. The van der Waals surface area contributed by atoms with Crippen LogP contribution in [-0.4, -0.2) is 37.1 Å². The minimum atomic E-state index is -4.39. The molecule has 174 valence electrons. The summed E-state index contributed by atoms with van der Waals surface area (Å²) in [5, 5.41) is 5.68. The van der Waals surface area contributed by atoms with Crippen LogP contribution in [0.2, 0.25) is 0 Å². The molecule has 1 aliphatic carbocycles. The van der Waals surface area contributed by atoms with E-state index in [0.717, 1.165) is 35.4 Å². The molecule has 1 amide bonds. The summed E-state index contributed by atoms with van der Waals surface area (Å²) in [7, 11) is 1.79. The standard InChI is InChI=1S/C24H21F3N6O/c1-32-21-16-9-18(29-11-19(16)31-22(28)17(21)10-30-32)23(34)33-6-2-3-12-7-13-8-14(24(25,26)27)4-5-15(13)20(12)33/h4-5,8-12,20H,2-3,6-7H2,1H3,(H2,28,31)/t12-,20-/m1/s1. The monoisotopic (exact) mass is 466 g/mol. The van der Waals surface area contributed by atoms with Crippen molar-refractivity contribution in [3.63, 3.8) is 0 Å². The first-order valence-corrected chi connectivity index (χ1v) is 11.1. The molecule has 6 rings (SSSR count). The molecular weight excluding hydrogens is 445 g/mol. The number of benzene rings is 1. The number of amides is 1. The smallest absolute Gasteiger partial charge is 0.383 e. The SMILES string of the molecule is Cn1ncc2c(N)nc3cnc(C(=O)N4CCC[C@@H]5Cc6cc(C(F)(F)F)ccc6[C@@H]54)cc3c21. The lowest BCUT2D eigenvalue weighted by Gasteiger charge is -2.38. The summed E-state index contributed by atoms with van der Waals surface area (Å²) in [5.74, 6) is 0.203. The summed E-state index contributed by atoms with van der Waals surface area (Å²) in [6.07, 6.45) is 0.989. The molecule has 0 bridgehead atoms. The lowest BCUT2D eigenvalue weighted by atomic mass is 9.89. The number of hydrogen-bond acceptors (Lipinski definition) is 5. The zero-order chi connectivity index (χ0) is 23.8. The van der Waals surface area contributed by atoms with Gasteiger partial charge in [-0.25, -0.2) is 9.97 Å². The molecule has 0 unspecified atom stereocenters. The van der Waals surface area contributed by atoms with Gasteiger partial charge in [0.1, 0.15) is 11.5 Å². The van der Waals surface area contributed by atoms with Gasteiger partial charge in [-0.15, -0.1) is 0 Å². The van der Waals surface area contributed by atoms with Gasteiger partial charge in [0.15, 0.2) is 0 Å². The average molecular weight is 466 g/mol. The topological polar surface area (TPSA) is 89.9 Å². The third kappa shape index (κ3) is 3.04. The van der Waals surface area contributed by atoms with Gasteiger partial charge in [0.25, 0.3) is 5.91 Å². The number of carbonyl (C=O) groups is 1. The summed E-state index contributed by atoms with van der Waals surface area (Å²) in [5.41, 5.74) is 8.48. The highest BCUT2D eigenvalue weighted by Crippen LogP contribution is 2.47. The van der Waals surface area contributed by atoms with Crippen LogP contribution in [0.15, 0.2) is 36.7 Å². The van der Waals surface area contributed by atoms with E-state index in [4.69, 9.17) is 5.73 Å². The van der Waals surface area contributed by atoms with Crippen molar-refractivity contribution in [3.8, 4) is 0 Å². The molecule has 3 aromatic heterocycles. The molecule has 1 aliphatic heterocycles. The molecule has 2 aliphatic rings. The third-order valence-corrected chi connectivity index (χ3v) is 7.10. The largest absolute Gasteiger partial charge is 0.416 e. The Labute approximate surface area is 192 Å². The number of anilines is 1. The van der Waals surface area contributed by atoms with Gasteiger partial charge < -0.3 is 10.6 Å². The average Bonchev–Trinajstić information content (AvgIpc) is 3.38. The molecule has 0 saturated carbocycles. The minimum absolute atomic E-state index is 0.0990. The molecule has 4 heterocycles. The molecule has 34 heavy (non-hydrogen) atoms. The molecule has 2 atom stereocenters. The number of pyridine rings is 2. The van der Waals surface area contributed by atoms with E-state index in [1.165, 1.54) is 18.3 Å². The Balaban J connectivity index is 1.41. The number of fused-ring (bicyclic) bond motifs is 6. The highest BCUT2D eigenvalue weighted by atomic mass is 19.4. The number of likely N-dealkylation sites (tertiary alicyclic amines) is 1. The predicted octanol–water partition coefficient (Wildman–Crippen LogP) is 4.27. The lowest BCUT2D eigenvalue weighted by Crippen LogP contribution is -2.41. The van der Waals surface area contributed by atoms with E-state index in [1.807, 2.05) is 0 Å². The van der Waals surface area contributed by atoms with Crippen molar-refractivity contribution in [2.75, 3.05) is 12.3 Å². The van der Waals surface area contributed by atoms with Crippen LogP contribution in [0, 0.1) is 5.92 Å². The van der Waals surface area contributed by atoms with Crippen molar-refractivity contribution >= 4 is 33.5 Å². The highest BCUT2D eigenvalue weighted by Gasteiger charge is 2.43. The van der Waals surface area contributed by atoms with Crippen LogP contribution in [0.5, 0.6) is 0 Å². The Hall–Kier alpha value is -3.69. The van der Waals surface area contributed by atoms with Crippen molar-refractivity contribution in [2.45, 2.75) is 31.5 Å². The number of halogens is 3. The van der Waals surface area contributed by atoms with Gasteiger partial charge in [0.05, 0.1) is 40.4 Å². The van der Waals surface area contributed by atoms with Crippen molar-refractivity contribution in [1.82, 2.24) is 24.6 Å². The van der Waals surface area contributed by atoms with Crippen LogP contribution >= 0.6 is 0 Å². The molecule has 2 N–H and O–H groups in total. The quantitative estimate of drug-likeness (QED) is 0.453. The molecule has 1 saturated heterocycles. The maximum Gasteiger partial charge on any atom is 0.416 e. The Morgan fingerprint density at radius 1 is 1.18 bits per heavy atom.